The monoisotopic (exact) mass is 224 g/mol. The number of nitrogens with zero attached hydrogens (tertiary/aromatic N) is 1. The summed E-state index contributed by atoms with van der Waals surface area (Å²) in [6.07, 6.45) is -0.699. The third-order valence-corrected chi connectivity index (χ3v) is 2.37. The molecule has 1 aromatic rings. The summed E-state index contributed by atoms with van der Waals surface area (Å²) < 4.78 is 0. The van der Waals surface area contributed by atoms with Gasteiger partial charge >= 0.3 is 0 Å². The van der Waals surface area contributed by atoms with Crippen molar-refractivity contribution in [2.45, 2.75) is 12.6 Å². The van der Waals surface area contributed by atoms with E-state index in [-0.39, 0.29) is 6.61 Å². The van der Waals surface area contributed by atoms with Crippen LogP contribution in [0.5, 0.6) is 0 Å². The predicted octanol–water partition coefficient (Wildman–Crippen LogP) is -0.200. The van der Waals surface area contributed by atoms with Crippen molar-refractivity contribution in [2.75, 3.05) is 26.2 Å². The molecule has 0 aliphatic heterocycles. The van der Waals surface area contributed by atoms with Crippen LogP contribution in [0.4, 0.5) is 0 Å². The average Bonchev–Trinajstić information content (AvgIpc) is 2.30. The molecule has 0 spiro atoms. The molecule has 0 saturated heterocycles. The van der Waals surface area contributed by atoms with Gasteiger partial charge in [-0.05, 0) is 5.56 Å². The number of aliphatic hydroxyl groups is 2. The van der Waals surface area contributed by atoms with Crippen LogP contribution in [0.15, 0.2) is 30.3 Å². The first kappa shape index (κ1) is 13.1. The first-order valence-electron chi connectivity index (χ1n) is 5.51. The summed E-state index contributed by atoms with van der Waals surface area (Å²) in [4.78, 5) is 2.04. The molecule has 1 rings (SSSR count). The highest BCUT2D eigenvalue weighted by Crippen LogP contribution is 2.04. The van der Waals surface area contributed by atoms with Crippen LogP contribution in [-0.2, 0) is 6.54 Å². The lowest BCUT2D eigenvalue weighted by molar-refractivity contribution is 0.0577. The highest BCUT2D eigenvalue weighted by atomic mass is 16.3. The van der Waals surface area contributed by atoms with Gasteiger partial charge in [-0.3, -0.25) is 4.90 Å². The lowest BCUT2D eigenvalue weighted by atomic mass is 10.2. The standard InChI is InChI=1S/C12H20N2O2/c13-6-7-14(9-12(16)10-15)8-11-4-2-1-3-5-11/h1-5,12,15-16H,6-10,13H2. The minimum atomic E-state index is -0.699. The molecule has 0 fully saturated rings. The molecule has 16 heavy (non-hydrogen) atoms. The summed E-state index contributed by atoms with van der Waals surface area (Å²) >= 11 is 0. The topological polar surface area (TPSA) is 69.7 Å². The lowest BCUT2D eigenvalue weighted by Crippen LogP contribution is -2.37. The summed E-state index contributed by atoms with van der Waals surface area (Å²) in [5.74, 6) is 0. The van der Waals surface area contributed by atoms with Gasteiger partial charge in [-0.15, -0.1) is 0 Å². The van der Waals surface area contributed by atoms with Gasteiger partial charge in [-0.2, -0.15) is 0 Å². The van der Waals surface area contributed by atoms with Gasteiger partial charge in [0.15, 0.2) is 0 Å². The molecule has 0 saturated carbocycles. The van der Waals surface area contributed by atoms with Gasteiger partial charge in [0.05, 0.1) is 12.7 Å². The van der Waals surface area contributed by atoms with Crippen molar-refractivity contribution in [1.29, 1.82) is 0 Å². The molecule has 0 bridgehead atoms. The number of benzene rings is 1. The second kappa shape index (κ2) is 7.35. The van der Waals surface area contributed by atoms with E-state index in [4.69, 9.17) is 10.8 Å². The number of nitrogens with two attached hydrogens (primary N) is 1. The van der Waals surface area contributed by atoms with Crippen molar-refractivity contribution in [3.05, 3.63) is 35.9 Å². The largest absolute Gasteiger partial charge is 0.394 e. The van der Waals surface area contributed by atoms with Crippen LogP contribution in [0.2, 0.25) is 0 Å². The third-order valence-electron chi connectivity index (χ3n) is 2.37. The van der Waals surface area contributed by atoms with Gasteiger partial charge in [0.25, 0.3) is 0 Å². The molecule has 4 heteroatoms. The van der Waals surface area contributed by atoms with E-state index >= 15 is 0 Å². The summed E-state index contributed by atoms with van der Waals surface area (Å²) in [7, 11) is 0. The minimum Gasteiger partial charge on any atom is -0.394 e. The van der Waals surface area contributed by atoms with Crippen LogP contribution < -0.4 is 5.73 Å². The van der Waals surface area contributed by atoms with E-state index in [0.29, 0.717) is 19.6 Å². The SMILES string of the molecule is NCCN(Cc1ccccc1)CC(O)CO. The van der Waals surface area contributed by atoms with Crippen molar-refractivity contribution >= 4 is 0 Å². The molecule has 0 radical (unpaired) electrons. The quantitative estimate of drug-likeness (QED) is 0.600. The molecule has 0 aliphatic rings. The first-order chi connectivity index (χ1) is 7.76. The Kier molecular flexibility index (Phi) is 6.03. The van der Waals surface area contributed by atoms with Crippen LogP contribution in [0.1, 0.15) is 5.56 Å². The Balaban J connectivity index is 2.50. The van der Waals surface area contributed by atoms with E-state index in [2.05, 4.69) is 0 Å². The van der Waals surface area contributed by atoms with Gasteiger partial charge in [0.1, 0.15) is 0 Å². The zero-order valence-electron chi connectivity index (χ0n) is 9.42. The number of hydrogen-bond acceptors (Lipinski definition) is 4. The predicted molar refractivity (Wildman–Crippen MR) is 63.9 cm³/mol. The molecule has 0 heterocycles. The number of rotatable bonds is 7. The van der Waals surface area contributed by atoms with Gasteiger partial charge in [0, 0.05) is 26.2 Å². The number of aliphatic hydroxyl groups excluding tert-OH is 2. The van der Waals surface area contributed by atoms with Crippen LogP contribution in [0.3, 0.4) is 0 Å². The fourth-order valence-corrected chi connectivity index (χ4v) is 1.61. The molecule has 4 nitrogen and oxygen atoms in total. The zero-order valence-corrected chi connectivity index (χ0v) is 9.42. The van der Waals surface area contributed by atoms with Gasteiger partial charge in [0.2, 0.25) is 0 Å². The molecule has 4 N–H and O–H groups in total. The van der Waals surface area contributed by atoms with Crippen molar-refractivity contribution in [3.63, 3.8) is 0 Å². The molecular formula is C12H20N2O2. The second-order valence-corrected chi connectivity index (χ2v) is 3.85. The van der Waals surface area contributed by atoms with Gasteiger partial charge < -0.3 is 15.9 Å². The molecular weight excluding hydrogens is 204 g/mol. The average molecular weight is 224 g/mol. The summed E-state index contributed by atoms with van der Waals surface area (Å²) in [5.41, 5.74) is 6.70. The maximum Gasteiger partial charge on any atom is 0.0897 e. The Morgan fingerprint density at radius 2 is 1.94 bits per heavy atom. The fraction of sp³-hybridized carbons (Fsp3) is 0.500. The van der Waals surface area contributed by atoms with Crippen LogP contribution in [0, 0.1) is 0 Å². The minimum absolute atomic E-state index is 0.212. The highest BCUT2D eigenvalue weighted by Gasteiger charge is 2.10. The van der Waals surface area contributed by atoms with E-state index in [0.717, 1.165) is 6.54 Å². The molecule has 0 aliphatic carbocycles. The van der Waals surface area contributed by atoms with Crippen molar-refractivity contribution < 1.29 is 10.2 Å². The second-order valence-electron chi connectivity index (χ2n) is 3.85. The van der Waals surface area contributed by atoms with E-state index in [1.165, 1.54) is 5.56 Å². The Morgan fingerprint density at radius 3 is 2.50 bits per heavy atom. The highest BCUT2D eigenvalue weighted by molar-refractivity contribution is 5.14. The van der Waals surface area contributed by atoms with Crippen molar-refractivity contribution in [1.82, 2.24) is 4.90 Å². The molecule has 1 atom stereocenters. The first-order valence-corrected chi connectivity index (χ1v) is 5.51. The Hall–Kier alpha value is -0.940. The smallest absolute Gasteiger partial charge is 0.0897 e. The maximum absolute atomic E-state index is 9.40. The maximum atomic E-state index is 9.40. The van der Waals surface area contributed by atoms with Crippen LogP contribution in [-0.4, -0.2) is 47.5 Å². The third kappa shape index (κ3) is 4.72. The van der Waals surface area contributed by atoms with Crippen LogP contribution in [0.25, 0.3) is 0 Å². The normalized spacial score (nSPS) is 13.0. The summed E-state index contributed by atoms with van der Waals surface area (Å²) in [6.45, 7) is 2.24. The van der Waals surface area contributed by atoms with E-state index in [1.807, 2.05) is 35.2 Å². The van der Waals surface area contributed by atoms with Crippen molar-refractivity contribution in [2.24, 2.45) is 5.73 Å². The van der Waals surface area contributed by atoms with Gasteiger partial charge in [-0.25, -0.2) is 0 Å². The Morgan fingerprint density at radius 1 is 1.25 bits per heavy atom. The fourth-order valence-electron chi connectivity index (χ4n) is 1.61. The van der Waals surface area contributed by atoms with Crippen LogP contribution >= 0.6 is 0 Å². The molecule has 90 valence electrons. The summed E-state index contributed by atoms with van der Waals surface area (Å²) in [6, 6.07) is 10.0. The van der Waals surface area contributed by atoms with E-state index in [1.54, 1.807) is 0 Å². The molecule has 0 amide bonds. The molecule has 1 aromatic carbocycles. The Bertz CT molecular complexity index is 280. The van der Waals surface area contributed by atoms with E-state index in [9.17, 15) is 5.11 Å². The van der Waals surface area contributed by atoms with E-state index < -0.39 is 6.10 Å². The number of hydrogen-bond donors (Lipinski definition) is 3. The lowest BCUT2D eigenvalue weighted by Gasteiger charge is -2.23. The summed E-state index contributed by atoms with van der Waals surface area (Å²) in [5, 5.41) is 18.2. The van der Waals surface area contributed by atoms with Crippen molar-refractivity contribution in [3.8, 4) is 0 Å². The van der Waals surface area contributed by atoms with Gasteiger partial charge in [-0.1, -0.05) is 30.3 Å². The molecule has 1 unspecified atom stereocenters. The molecule has 0 aromatic heterocycles. The Labute approximate surface area is 96.3 Å². The zero-order chi connectivity index (χ0) is 11.8.